The van der Waals surface area contributed by atoms with E-state index in [2.05, 4.69) is 16.8 Å². The Kier molecular flexibility index (Phi) is 4.61. The molecule has 122 valence electrons. The summed E-state index contributed by atoms with van der Waals surface area (Å²) >= 11 is 1.56. The zero-order chi connectivity index (χ0) is 16.4. The Morgan fingerprint density at radius 1 is 1.48 bits per heavy atom. The minimum absolute atomic E-state index is 0.314. The molecular formula is C17H19FN2O2S. The van der Waals surface area contributed by atoms with Gasteiger partial charge in [0.1, 0.15) is 5.82 Å². The molecule has 1 aromatic heterocycles. The number of nitrogens with zero attached hydrogens (tertiary/aromatic N) is 2. The first-order chi connectivity index (χ1) is 11.1. The van der Waals surface area contributed by atoms with Crippen LogP contribution in [0.1, 0.15) is 43.0 Å². The topological polar surface area (TPSA) is 53.4 Å². The van der Waals surface area contributed by atoms with Crippen LogP contribution in [0, 0.1) is 5.82 Å². The summed E-state index contributed by atoms with van der Waals surface area (Å²) in [6.07, 6.45) is 4.71. The Morgan fingerprint density at radius 2 is 2.30 bits per heavy atom. The number of piperidine rings is 1. The molecule has 2 aromatic rings. The van der Waals surface area contributed by atoms with E-state index in [-0.39, 0.29) is 5.56 Å². The van der Waals surface area contributed by atoms with Crippen molar-refractivity contribution in [3.8, 4) is 11.3 Å². The average molecular weight is 334 g/mol. The lowest BCUT2D eigenvalue weighted by Crippen LogP contribution is -2.39. The summed E-state index contributed by atoms with van der Waals surface area (Å²) in [5.41, 5.74) is 0.993. The maximum Gasteiger partial charge on any atom is 0.338 e. The first-order valence-electron chi connectivity index (χ1n) is 7.85. The summed E-state index contributed by atoms with van der Waals surface area (Å²) in [6, 6.07) is 4.67. The van der Waals surface area contributed by atoms with Gasteiger partial charge in [-0.1, -0.05) is 13.0 Å². The van der Waals surface area contributed by atoms with Crippen LogP contribution >= 0.6 is 11.3 Å². The molecule has 1 aliphatic heterocycles. The molecule has 0 amide bonds. The van der Waals surface area contributed by atoms with Gasteiger partial charge in [0.2, 0.25) is 0 Å². The molecule has 1 saturated heterocycles. The third kappa shape index (κ3) is 3.22. The molecule has 0 aliphatic carbocycles. The van der Waals surface area contributed by atoms with Crippen LogP contribution in [0.2, 0.25) is 0 Å². The quantitative estimate of drug-likeness (QED) is 0.899. The van der Waals surface area contributed by atoms with Gasteiger partial charge in [-0.3, -0.25) is 0 Å². The number of hydrogen-bond donors (Lipinski definition) is 1. The summed E-state index contributed by atoms with van der Waals surface area (Å²) in [5.74, 6) is -1.99. The molecule has 1 aromatic carbocycles. The Hall–Kier alpha value is -1.95. The number of carboxylic acid groups (broad SMARTS) is 1. The maximum atomic E-state index is 13.8. The third-order valence-corrected chi connectivity index (χ3v) is 5.21. The number of halogens is 1. The molecule has 1 N–H and O–H groups in total. The standard InChI is InChI=1S/C17H19FN2O2S/c1-2-12-5-3-4-8-20(12)17-19-15(10-23-17)11-6-7-13(16(21)22)14(18)9-11/h6-7,9-10,12H,2-5,8H2,1H3,(H,21,22)/t12-/m1/s1. The van der Waals surface area contributed by atoms with Crippen molar-refractivity contribution < 1.29 is 14.3 Å². The number of benzene rings is 1. The smallest absolute Gasteiger partial charge is 0.338 e. The van der Waals surface area contributed by atoms with E-state index in [0.717, 1.165) is 18.1 Å². The van der Waals surface area contributed by atoms with E-state index >= 15 is 0 Å². The van der Waals surface area contributed by atoms with Crippen LogP contribution in [0.3, 0.4) is 0 Å². The fraction of sp³-hybridized carbons (Fsp3) is 0.412. The van der Waals surface area contributed by atoms with Crippen molar-refractivity contribution in [2.45, 2.75) is 38.6 Å². The normalized spacial score (nSPS) is 18.2. The molecule has 6 heteroatoms. The second-order valence-corrected chi connectivity index (χ2v) is 6.60. The summed E-state index contributed by atoms with van der Waals surface area (Å²) < 4.78 is 13.8. The molecule has 1 fully saturated rings. The van der Waals surface area contributed by atoms with Crippen molar-refractivity contribution in [1.82, 2.24) is 4.98 Å². The molecule has 1 atom stereocenters. The van der Waals surface area contributed by atoms with Crippen molar-refractivity contribution >= 4 is 22.4 Å². The first kappa shape index (κ1) is 15.9. The van der Waals surface area contributed by atoms with E-state index in [1.807, 2.05) is 5.38 Å². The highest BCUT2D eigenvalue weighted by Crippen LogP contribution is 2.32. The van der Waals surface area contributed by atoms with E-state index in [0.29, 0.717) is 17.3 Å². The predicted octanol–water partition coefficient (Wildman–Crippen LogP) is 4.42. The van der Waals surface area contributed by atoms with E-state index in [1.165, 1.54) is 31.4 Å². The maximum absolute atomic E-state index is 13.8. The monoisotopic (exact) mass is 334 g/mol. The molecule has 0 bridgehead atoms. The van der Waals surface area contributed by atoms with Gasteiger partial charge in [0.15, 0.2) is 5.13 Å². The van der Waals surface area contributed by atoms with Crippen molar-refractivity contribution in [1.29, 1.82) is 0 Å². The van der Waals surface area contributed by atoms with Crippen LogP contribution < -0.4 is 4.90 Å². The molecule has 3 rings (SSSR count). The van der Waals surface area contributed by atoms with Gasteiger partial charge in [-0.2, -0.15) is 0 Å². The SMILES string of the molecule is CC[C@@H]1CCCCN1c1nc(-c2ccc(C(=O)O)c(F)c2)cs1. The van der Waals surface area contributed by atoms with Crippen molar-refractivity contribution in [2.24, 2.45) is 0 Å². The highest BCUT2D eigenvalue weighted by molar-refractivity contribution is 7.14. The Balaban J connectivity index is 1.87. The summed E-state index contributed by atoms with van der Waals surface area (Å²) in [7, 11) is 0. The number of aromatic nitrogens is 1. The van der Waals surface area contributed by atoms with Crippen molar-refractivity contribution in [3.05, 3.63) is 35.0 Å². The molecule has 0 radical (unpaired) electrons. The number of carbonyl (C=O) groups is 1. The first-order valence-corrected chi connectivity index (χ1v) is 8.73. The van der Waals surface area contributed by atoms with E-state index in [9.17, 15) is 9.18 Å². The lowest BCUT2D eigenvalue weighted by Gasteiger charge is -2.35. The molecule has 23 heavy (non-hydrogen) atoms. The minimum atomic E-state index is -1.26. The van der Waals surface area contributed by atoms with Gasteiger partial charge in [-0.15, -0.1) is 11.3 Å². The zero-order valence-corrected chi connectivity index (χ0v) is 13.8. The molecule has 2 heterocycles. The van der Waals surface area contributed by atoms with Gasteiger partial charge in [0.05, 0.1) is 11.3 Å². The fourth-order valence-corrected chi connectivity index (χ4v) is 3.99. The summed E-state index contributed by atoms with van der Waals surface area (Å²) in [6.45, 7) is 3.20. The number of aromatic carboxylic acids is 1. The molecule has 4 nitrogen and oxygen atoms in total. The Morgan fingerprint density at radius 3 is 3.00 bits per heavy atom. The lowest BCUT2D eigenvalue weighted by atomic mass is 10.0. The van der Waals surface area contributed by atoms with Gasteiger partial charge in [-0.25, -0.2) is 14.2 Å². The highest BCUT2D eigenvalue weighted by Gasteiger charge is 2.23. The average Bonchev–Trinajstić information content (AvgIpc) is 3.04. The Bertz CT molecular complexity index is 716. The van der Waals surface area contributed by atoms with Gasteiger partial charge in [0.25, 0.3) is 0 Å². The van der Waals surface area contributed by atoms with Crippen LogP contribution in [0.15, 0.2) is 23.6 Å². The van der Waals surface area contributed by atoms with E-state index in [1.54, 1.807) is 17.4 Å². The second-order valence-electron chi connectivity index (χ2n) is 5.77. The fourth-order valence-electron chi connectivity index (χ4n) is 3.05. The molecule has 0 spiro atoms. The van der Waals surface area contributed by atoms with Crippen LogP contribution in [0.25, 0.3) is 11.3 Å². The van der Waals surface area contributed by atoms with E-state index in [4.69, 9.17) is 5.11 Å². The summed E-state index contributed by atoms with van der Waals surface area (Å²) in [5, 5.41) is 11.8. The number of thiazole rings is 1. The number of carboxylic acids is 1. The lowest BCUT2D eigenvalue weighted by molar-refractivity contribution is 0.0692. The van der Waals surface area contributed by atoms with Crippen LogP contribution in [0.5, 0.6) is 0 Å². The van der Waals surface area contributed by atoms with Crippen LogP contribution in [0.4, 0.5) is 9.52 Å². The molecule has 0 unspecified atom stereocenters. The van der Waals surface area contributed by atoms with Gasteiger partial charge < -0.3 is 10.0 Å². The second kappa shape index (κ2) is 6.66. The zero-order valence-electron chi connectivity index (χ0n) is 13.0. The number of anilines is 1. The third-order valence-electron chi connectivity index (χ3n) is 4.33. The van der Waals surface area contributed by atoms with Crippen LogP contribution in [-0.4, -0.2) is 28.6 Å². The van der Waals surface area contributed by atoms with Crippen LogP contribution in [-0.2, 0) is 0 Å². The summed E-state index contributed by atoms with van der Waals surface area (Å²) in [4.78, 5) is 17.9. The van der Waals surface area contributed by atoms with Crippen molar-refractivity contribution in [3.63, 3.8) is 0 Å². The van der Waals surface area contributed by atoms with Crippen molar-refractivity contribution in [2.75, 3.05) is 11.4 Å². The Labute approximate surface area is 138 Å². The molecule has 0 saturated carbocycles. The number of hydrogen-bond acceptors (Lipinski definition) is 4. The largest absolute Gasteiger partial charge is 0.478 e. The predicted molar refractivity (Wildman–Crippen MR) is 89.7 cm³/mol. The van der Waals surface area contributed by atoms with E-state index < -0.39 is 11.8 Å². The minimum Gasteiger partial charge on any atom is -0.478 e. The molecule has 1 aliphatic rings. The van der Waals surface area contributed by atoms with Gasteiger partial charge in [0, 0.05) is 23.5 Å². The van der Waals surface area contributed by atoms with Gasteiger partial charge in [-0.05, 0) is 37.8 Å². The van der Waals surface area contributed by atoms with Gasteiger partial charge >= 0.3 is 5.97 Å². The molecular weight excluding hydrogens is 315 g/mol. The highest BCUT2D eigenvalue weighted by atomic mass is 32.1. The number of rotatable bonds is 4.